The molecule has 5 N–H and O–H groups in total. The summed E-state index contributed by atoms with van der Waals surface area (Å²) < 4.78 is 34.1. The lowest BCUT2D eigenvalue weighted by atomic mass is 10.0. The number of anilines is 2. The molecule has 2 aliphatic rings. The summed E-state index contributed by atoms with van der Waals surface area (Å²) in [5.41, 5.74) is 6.63. The molecular formula is C28H32ClF2N9O4. The Kier molecular flexibility index (Phi) is 8.64. The normalized spacial score (nSPS) is 19.2. The summed E-state index contributed by atoms with van der Waals surface area (Å²) in [7, 11) is 0. The number of benzene rings is 1. The lowest BCUT2D eigenvalue weighted by Crippen LogP contribution is -2.48. The molecule has 1 unspecified atom stereocenters. The number of nitrogens with two attached hydrogens (primary N) is 1. The number of aliphatic hydroxyl groups is 2. The third-order valence-corrected chi connectivity index (χ3v) is 8.29. The van der Waals surface area contributed by atoms with Crippen LogP contribution in [0.4, 0.5) is 20.3 Å². The lowest BCUT2D eigenvalue weighted by molar-refractivity contribution is -0.0494. The van der Waals surface area contributed by atoms with Gasteiger partial charge in [0.2, 0.25) is 0 Å². The molecule has 0 saturated carbocycles. The number of aliphatic hydroxyl groups excluding tert-OH is 2. The number of carbonyl (C=O) groups is 1. The van der Waals surface area contributed by atoms with E-state index in [4.69, 9.17) is 22.1 Å². The number of ether oxygens (including phenoxy) is 1. The zero-order valence-corrected chi connectivity index (χ0v) is 24.3. The summed E-state index contributed by atoms with van der Waals surface area (Å²) in [4.78, 5) is 21.9. The van der Waals surface area contributed by atoms with Crippen LogP contribution in [0.3, 0.4) is 0 Å². The van der Waals surface area contributed by atoms with E-state index in [9.17, 15) is 23.8 Å². The van der Waals surface area contributed by atoms with Gasteiger partial charge in [0, 0.05) is 61.4 Å². The average Bonchev–Trinajstić information content (AvgIpc) is 3.69. The maximum Gasteiger partial charge on any atom is 0.387 e. The highest BCUT2D eigenvalue weighted by molar-refractivity contribution is 6.31. The van der Waals surface area contributed by atoms with Crippen molar-refractivity contribution < 1.29 is 28.5 Å². The van der Waals surface area contributed by atoms with Crippen LogP contribution >= 0.6 is 11.6 Å². The molecule has 1 amide bonds. The van der Waals surface area contributed by atoms with E-state index < -0.39 is 18.7 Å². The van der Waals surface area contributed by atoms with Crippen LogP contribution < -0.4 is 15.8 Å². The molecule has 0 bridgehead atoms. The van der Waals surface area contributed by atoms with Gasteiger partial charge in [0.25, 0.3) is 5.91 Å². The fourth-order valence-corrected chi connectivity index (χ4v) is 6.10. The highest BCUT2D eigenvalue weighted by atomic mass is 35.5. The van der Waals surface area contributed by atoms with Crippen LogP contribution in [0.15, 0.2) is 42.9 Å². The number of fused-ring (bicyclic) bond motifs is 1. The number of piperidine rings is 1. The molecule has 1 aromatic carbocycles. The highest BCUT2D eigenvalue weighted by Crippen LogP contribution is 2.37. The van der Waals surface area contributed by atoms with Crippen molar-refractivity contribution in [2.75, 3.05) is 37.2 Å². The Bertz CT molecular complexity index is 1640. The molecule has 2 saturated heterocycles. The number of aromatic nitrogens is 5. The molecule has 2 atom stereocenters. The van der Waals surface area contributed by atoms with Gasteiger partial charge in [-0.1, -0.05) is 11.6 Å². The molecule has 234 valence electrons. The number of nitrogens with zero attached hydrogens (tertiary/aromatic N) is 7. The fraction of sp³-hybridized carbons (Fsp3) is 0.429. The number of nitrogen functional groups attached to an aromatic ring is 1. The van der Waals surface area contributed by atoms with Crippen molar-refractivity contribution in [3.8, 4) is 17.0 Å². The molecule has 0 spiro atoms. The number of carbonyl (C=O) groups excluding carboxylic acids is 1. The lowest BCUT2D eigenvalue weighted by Gasteiger charge is -2.38. The van der Waals surface area contributed by atoms with Crippen molar-refractivity contribution in [3.05, 3.63) is 53.4 Å². The Morgan fingerprint density at radius 2 is 2.00 bits per heavy atom. The van der Waals surface area contributed by atoms with E-state index in [-0.39, 0.29) is 57.4 Å². The smallest absolute Gasteiger partial charge is 0.387 e. The molecule has 6 rings (SSSR count). The maximum absolute atomic E-state index is 13.5. The summed E-state index contributed by atoms with van der Waals surface area (Å²) in [6.07, 6.45) is 5.87. The maximum atomic E-state index is 13.5. The molecule has 13 nitrogen and oxygen atoms in total. The number of nitrogens with one attached hydrogen (secondary N) is 1. The van der Waals surface area contributed by atoms with E-state index in [1.807, 2.05) is 4.90 Å². The Morgan fingerprint density at radius 3 is 2.73 bits per heavy atom. The Balaban J connectivity index is 1.26. The van der Waals surface area contributed by atoms with Crippen LogP contribution in [0.2, 0.25) is 5.02 Å². The van der Waals surface area contributed by atoms with Crippen molar-refractivity contribution in [3.63, 3.8) is 0 Å². The van der Waals surface area contributed by atoms with Crippen molar-refractivity contribution in [1.29, 1.82) is 0 Å². The quantitative estimate of drug-likeness (QED) is 0.216. The Hall–Kier alpha value is -3.89. The van der Waals surface area contributed by atoms with Gasteiger partial charge in [-0.25, -0.2) is 9.50 Å². The topological polar surface area (TPSA) is 159 Å². The summed E-state index contributed by atoms with van der Waals surface area (Å²) in [5, 5.41) is 32.7. The largest absolute Gasteiger partial charge is 0.434 e. The molecule has 0 radical (unpaired) electrons. The van der Waals surface area contributed by atoms with Crippen molar-refractivity contribution >= 4 is 34.7 Å². The Morgan fingerprint density at radius 1 is 1.20 bits per heavy atom. The fourth-order valence-electron chi connectivity index (χ4n) is 5.93. The van der Waals surface area contributed by atoms with Gasteiger partial charge in [-0.05, 0) is 43.5 Å². The molecule has 16 heteroatoms. The zero-order chi connectivity index (χ0) is 31.0. The average molecular weight is 632 g/mol. The van der Waals surface area contributed by atoms with Gasteiger partial charge < -0.3 is 26.0 Å². The third-order valence-electron chi connectivity index (χ3n) is 8.05. The first-order valence-electron chi connectivity index (χ1n) is 14.2. The molecule has 3 aromatic heterocycles. The highest BCUT2D eigenvalue weighted by Gasteiger charge is 2.32. The van der Waals surface area contributed by atoms with Gasteiger partial charge >= 0.3 is 6.61 Å². The number of halogens is 3. The van der Waals surface area contributed by atoms with Gasteiger partial charge in [0.15, 0.2) is 11.5 Å². The van der Waals surface area contributed by atoms with E-state index in [1.54, 1.807) is 12.3 Å². The minimum atomic E-state index is -3.12. The second kappa shape index (κ2) is 12.6. The van der Waals surface area contributed by atoms with E-state index in [0.29, 0.717) is 25.7 Å². The number of β-amino-alcohol motifs (C(OH)–C–C–N with tert-alkyl or cyclic N) is 1. The monoisotopic (exact) mass is 631 g/mol. The third kappa shape index (κ3) is 6.32. The SMILES string of the molecule is Nc1nn2cccnc2c1C(=O)Nc1cn(CC(O)N2CCC(N3CC[C@H](O)C3)CC2)nc1-c1cc(Cl)ccc1OC(F)F. The standard InChI is InChI=1S/C28H32ClF2N9O4/c29-16-2-3-21(44-28(30)31)19(12-16)24-20(34-27(43)23-25(32)36-40-8-1-7-33-26(23)40)14-39(35-24)15-22(42)37-9-4-17(5-10-37)38-11-6-18(41)13-38/h1-3,7-8,12,14,17-18,22,28,41-42H,4-6,9-11,13,15H2,(H2,32,36)(H,34,43)/t18-,22?/m0/s1. The van der Waals surface area contributed by atoms with Crippen LogP contribution in [0, 0.1) is 0 Å². The van der Waals surface area contributed by atoms with Gasteiger partial charge in [-0.3, -0.25) is 19.3 Å². The predicted octanol–water partition coefficient (Wildman–Crippen LogP) is 2.53. The number of likely N-dealkylation sites (tertiary alicyclic amines) is 2. The minimum Gasteiger partial charge on any atom is -0.434 e. The first-order chi connectivity index (χ1) is 21.2. The summed E-state index contributed by atoms with van der Waals surface area (Å²) in [5.74, 6) is -0.899. The van der Waals surface area contributed by atoms with Crippen molar-refractivity contribution in [1.82, 2.24) is 34.2 Å². The van der Waals surface area contributed by atoms with E-state index >= 15 is 0 Å². The first kappa shape index (κ1) is 30.1. The van der Waals surface area contributed by atoms with Crippen LogP contribution in [0.5, 0.6) is 5.75 Å². The van der Waals surface area contributed by atoms with Crippen LogP contribution in [0.25, 0.3) is 16.9 Å². The molecule has 0 aliphatic carbocycles. The van der Waals surface area contributed by atoms with E-state index in [0.717, 1.165) is 25.8 Å². The number of rotatable bonds is 9. The van der Waals surface area contributed by atoms with Crippen LogP contribution in [-0.2, 0) is 6.54 Å². The number of hydrogen-bond donors (Lipinski definition) is 4. The molecule has 5 heterocycles. The molecule has 2 aliphatic heterocycles. The number of amides is 1. The second-order valence-electron chi connectivity index (χ2n) is 10.9. The molecule has 44 heavy (non-hydrogen) atoms. The van der Waals surface area contributed by atoms with Gasteiger partial charge in [-0.2, -0.15) is 13.9 Å². The second-order valence-corrected chi connectivity index (χ2v) is 11.4. The first-order valence-corrected chi connectivity index (χ1v) is 14.6. The molecule has 2 fully saturated rings. The van der Waals surface area contributed by atoms with Crippen LogP contribution in [0.1, 0.15) is 29.6 Å². The molecule has 4 aromatic rings. The van der Waals surface area contributed by atoms with Crippen LogP contribution in [-0.4, -0.2) is 101 Å². The summed E-state index contributed by atoms with van der Waals surface area (Å²) in [6.45, 7) is -0.239. The minimum absolute atomic E-state index is 0.0212. The van der Waals surface area contributed by atoms with E-state index in [1.165, 1.54) is 39.8 Å². The Labute approximate surface area is 255 Å². The van der Waals surface area contributed by atoms with Crippen molar-refractivity contribution in [2.45, 2.75) is 50.8 Å². The number of hydrogen-bond acceptors (Lipinski definition) is 10. The van der Waals surface area contributed by atoms with Crippen molar-refractivity contribution in [2.24, 2.45) is 0 Å². The predicted molar refractivity (Wildman–Crippen MR) is 157 cm³/mol. The van der Waals surface area contributed by atoms with Gasteiger partial charge in [0.05, 0.1) is 18.3 Å². The number of alkyl halides is 2. The zero-order valence-electron chi connectivity index (χ0n) is 23.6. The van der Waals surface area contributed by atoms with E-state index in [2.05, 4.69) is 25.4 Å². The summed E-state index contributed by atoms with van der Waals surface area (Å²) >= 11 is 6.22. The van der Waals surface area contributed by atoms with Gasteiger partial charge in [-0.15, -0.1) is 5.10 Å². The summed E-state index contributed by atoms with van der Waals surface area (Å²) in [6, 6.07) is 6.09. The molecular weight excluding hydrogens is 600 g/mol. The van der Waals surface area contributed by atoms with Gasteiger partial charge in [0.1, 0.15) is 23.2 Å².